The molecule has 2 heterocycles. The van der Waals surface area contributed by atoms with Gasteiger partial charge in [-0.1, -0.05) is 17.7 Å². The van der Waals surface area contributed by atoms with E-state index in [1.165, 1.54) is 18.3 Å². The Hall–Kier alpha value is -1.97. The average molecular weight is 406 g/mol. The van der Waals surface area contributed by atoms with E-state index >= 15 is 0 Å². The SMILES string of the molecule is CN(C(c1ccc(Cl)c(F)c1)C(F)(F)F)S(=O)c1ccn2ccnc2c1. The lowest BCUT2D eigenvalue weighted by molar-refractivity contribution is -0.170. The van der Waals surface area contributed by atoms with Crippen LogP contribution in [0.5, 0.6) is 0 Å². The molecule has 3 aromatic rings. The molecular formula is C16H12ClF4N3OS. The number of benzene rings is 1. The zero-order chi connectivity index (χ0) is 19.1. The minimum Gasteiger partial charge on any atom is -0.307 e. The molecule has 0 saturated carbocycles. The first-order chi connectivity index (χ1) is 12.2. The first kappa shape index (κ1) is 18.8. The minimum absolute atomic E-state index is 0.148. The fraction of sp³-hybridized carbons (Fsp3) is 0.188. The first-order valence-corrected chi connectivity index (χ1v) is 8.76. The van der Waals surface area contributed by atoms with E-state index in [-0.39, 0.29) is 9.92 Å². The van der Waals surface area contributed by atoms with Gasteiger partial charge in [-0.25, -0.2) is 17.9 Å². The molecule has 0 radical (unpaired) electrons. The lowest BCUT2D eigenvalue weighted by Crippen LogP contribution is -2.37. The summed E-state index contributed by atoms with van der Waals surface area (Å²) >= 11 is 5.54. The third-order valence-corrected chi connectivity index (χ3v) is 5.46. The number of rotatable bonds is 4. The molecule has 1 aromatic carbocycles. The van der Waals surface area contributed by atoms with Crippen LogP contribution in [0.1, 0.15) is 11.6 Å². The molecule has 138 valence electrons. The van der Waals surface area contributed by atoms with Crippen molar-refractivity contribution in [2.24, 2.45) is 0 Å². The third-order valence-electron chi connectivity index (χ3n) is 3.77. The first-order valence-electron chi connectivity index (χ1n) is 7.27. The smallest absolute Gasteiger partial charge is 0.307 e. The highest BCUT2D eigenvalue weighted by Crippen LogP contribution is 2.39. The monoisotopic (exact) mass is 405 g/mol. The van der Waals surface area contributed by atoms with Crippen molar-refractivity contribution in [2.75, 3.05) is 7.05 Å². The highest BCUT2D eigenvalue weighted by Gasteiger charge is 2.45. The van der Waals surface area contributed by atoms with E-state index in [9.17, 15) is 21.8 Å². The Morgan fingerprint density at radius 1 is 1.23 bits per heavy atom. The molecule has 0 N–H and O–H groups in total. The van der Waals surface area contributed by atoms with Gasteiger partial charge < -0.3 is 4.40 Å². The zero-order valence-corrected chi connectivity index (χ0v) is 14.8. The molecule has 3 rings (SSSR count). The summed E-state index contributed by atoms with van der Waals surface area (Å²) in [7, 11) is -1.09. The number of hydrogen-bond donors (Lipinski definition) is 0. The molecule has 0 saturated heterocycles. The van der Waals surface area contributed by atoms with Crippen LogP contribution in [0.15, 0.2) is 53.8 Å². The van der Waals surface area contributed by atoms with E-state index in [0.717, 1.165) is 19.2 Å². The molecule has 0 bridgehead atoms. The number of pyridine rings is 1. The summed E-state index contributed by atoms with van der Waals surface area (Å²) in [4.78, 5) is 4.17. The van der Waals surface area contributed by atoms with Gasteiger partial charge in [-0.05, 0) is 29.8 Å². The molecule has 0 aliphatic heterocycles. The molecule has 0 spiro atoms. The van der Waals surface area contributed by atoms with Gasteiger partial charge in [0, 0.05) is 25.6 Å². The normalized spacial score (nSPS) is 14.7. The van der Waals surface area contributed by atoms with Gasteiger partial charge in [0.2, 0.25) is 0 Å². The van der Waals surface area contributed by atoms with Crippen molar-refractivity contribution < 1.29 is 21.8 Å². The van der Waals surface area contributed by atoms with Crippen molar-refractivity contribution in [3.63, 3.8) is 0 Å². The van der Waals surface area contributed by atoms with E-state index < -0.39 is 34.6 Å². The maximum absolute atomic E-state index is 13.6. The van der Waals surface area contributed by atoms with E-state index in [2.05, 4.69) is 4.98 Å². The molecule has 4 nitrogen and oxygen atoms in total. The van der Waals surface area contributed by atoms with Gasteiger partial charge in [-0.3, -0.25) is 0 Å². The third kappa shape index (κ3) is 3.60. The lowest BCUT2D eigenvalue weighted by Gasteiger charge is -2.29. The van der Waals surface area contributed by atoms with Crippen molar-refractivity contribution in [3.05, 3.63) is 65.3 Å². The van der Waals surface area contributed by atoms with Gasteiger partial charge in [-0.2, -0.15) is 13.2 Å². The number of imidazole rings is 1. The van der Waals surface area contributed by atoms with Crippen LogP contribution in [0.25, 0.3) is 5.65 Å². The summed E-state index contributed by atoms with van der Waals surface area (Å²) in [5, 5.41) is -0.289. The van der Waals surface area contributed by atoms with Gasteiger partial charge in [0.15, 0.2) is 0 Å². The van der Waals surface area contributed by atoms with Crippen LogP contribution in [0, 0.1) is 5.82 Å². The highest BCUT2D eigenvalue weighted by molar-refractivity contribution is 7.82. The fourth-order valence-corrected chi connectivity index (χ4v) is 3.82. The van der Waals surface area contributed by atoms with Gasteiger partial charge in [0.1, 0.15) is 28.5 Å². The van der Waals surface area contributed by atoms with Crippen LogP contribution in [-0.2, 0) is 11.0 Å². The van der Waals surface area contributed by atoms with E-state index in [1.807, 2.05) is 0 Å². The Morgan fingerprint density at radius 2 is 1.96 bits per heavy atom. The van der Waals surface area contributed by atoms with E-state index in [4.69, 9.17) is 11.6 Å². The molecular weight excluding hydrogens is 394 g/mol. The Kier molecular flexibility index (Phi) is 5.05. The topological polar surface area (TPSA) is 37.6 Å². The van der Waals surface area contributed by atoms with Crippen molar-refractivity contribution in [1.29, 1.82) is 0 Å². The Balaban J connectivity index is 2.00. The van der Waals surface area contributed by atoms with Gasteiger partial charge >= 0.3 is 6.18 Å². The zero-order valence-electron chi connectivity index (χ0n) is 13.2. The molecule has 2 atom stereocenters. The summed E-state index contributed by atoms with van der Waals surface area (Å²) in [5.74, 6) is -0.976. The van der Waals surface area contributed by atoms with E-state index in [0.29, 0.717) is 16.0 Å². The molecule has 0 aliphatic rings. The maximum atomic E-state index is 13.6. The number of aromatic nitrogens is 2. The van der Waals surface area contributed by atoms with E-state index in [1.54, 1.807) is 16.8 Å². The van der Waals surface area contributed by atoms with Crippen molar-refractivity contribution in [1.82, 2.24) is 13.7 Å². The molecule has 26 heavy (non-hydrogen) atoms. The van der Waals surface area contributed by atoms with Crippen LogP contribution in [0.3, 0.4) is 0 Å². The van der Waals surface area contributed by atoms with Crippen LogP contribution < -0.4 is 0 Å². The number of alkyl halides is 3. The molecule has 2 aromatic heterocycles. The number of fused-ring (bicyclic) bond motifs is 1. The van der Waals surface area contributed by atoms with Crippen molar-refractivity contribution in [3.8, 4) is 0 Å². The number of halogens is 5. The minimum atomic E-state index is -4.78. The van der Waals surface area contributed by atoms with Crippen LogP contribution in [0.2, 0.25) is 5.02 Å². The Bertz CT molecular complexity index is 976. The summed E-state index contributed by atoms with van der Waals surface area (Å²) in [6.45, 7) is 0. The van der Waals surface area contributed by atoms with Crippen LogP contribution >= 0.6 is 11.6 Å². The largest absolute Gasteiger partial charge is 0.409 e. The van der Waals surface area contributed by atoms with Crippen LogP contribution in [0.4, 0.5) is 17.6 Å². The summed E-state index contributed by atoms with van der Waals surface area (Å²) in [6.07, 6.45) is -0.0580. The van der Waals surface area contributed by atoms with Gasteiger partial charge in [0.05, 0.1) is 9.92 Å². The molecule has 0 amide bonds. The number of hydrogen-bond acceptors (Lipinski definition) is 2. The van der Waals surface area contributed by atoms with Crippen LogP contribution in [-0.4, -0.2) is 31.1 Å². The molecule has 0 aliphatic carbocycles. The van der Waals surface area contributed by atoms with Crippen molar-refractivity contribution in [2.45, 2.75) is 17.1 Å². The Labute approximate surface area is 153 Å². The van der Waals surface area contributed by atoms with Gasteiger partial charge in [0.25, 0.3) is 0 Å². The second kappa shape index (κ2) is 6.98. The fourth-order valence-electron chi connectivity index (χ4n) is 2.55. The van der Waals surface area contributed by atoms with Gasteiger partial charge in [-0.15, -0.1) is 0 Å². The predicted molar refractivity (Wildman–Crippen MR) is 89.6 cm³/mol. The second-order valence-electron chi connectivity index (χ2n) is 5.47. The summed E-state index contributed by atoms with van der Waals surface area (Å²) in [5.41, 5.74) is 0.0579. The second-order valence-corrected chi connectivity index (χ2v) is 7.42. The summed E-state index contributed by atoms with van der Waals surface area (Å²) in [6, 6.07) is 3.41. The standard InChI is InChI=1S/C16H12ClF4N3OS/c1-23(26(25)11-4-6-24-7-5-22-14(24)9-11)15(16(19,20)21)10-2-3-12(17)13(18)8-10/h2-9,15H,1H3. The Morgan fingerprint density at radius 3 is 2.62 bits per heavy atom. The molecule has 10 heteroatoms. The number of nitrogens with zero attached hydrogens (tertiary/aromatic N) is 3. The van der Waals surface area contributed by atoms with Crippen molar-refractivity contribution >= 4 is 28.2 Å². The summed E-state index contributed by atoms with van der Waals surface area (Å²) < 4.78 is 69.5. The maximum Gasteiger partial charge on any atom is 0.409 e. The highest BCUT2D eigenvalue weighted by atomic mass is 35.5. The predicted octanol–water partition coefficient (Wildman–Crippen LogP) is 4.38. The quantitative estimate of drug-likeness (QED) is 0.604. The average Bonchev–Trinajstić information content (AvgIpc) is 3.03. The molecule has 0 fully saturated rings. The lowest BCUT2D eigenvalue weighted by atomic mass is 10.1. The molecule has 2 unspecified atom stereocenters.